The molecule has 0 spiro atoms. The van der Waals surface area contributed by atoms with Crippen molar-refractivity contribution in [3.8, 4) is 11.6 Å². The van der Waals surface area contributed by atoms with E-state index in [0.717, 1.165) is 18.4 Å². The Kier molecular flexibility index (Phi) is 6.54. The second-order valence-electron chi connectivity index (χ2n) is 8.27. The van der Waals surface area contributed by atoms with E-state index in [1.807, 2.05) is 30.3 Å². The van der Waals surface area contributed by atoms with Crippen LogP contribution >= 0.6 is 12.2 Å². The number of halogens is 1. The van der Waals surface area contributed by atoms with Gasteiger partial charge in [-0.3, -0.25) is 9.59 Å². The van der Waals surface area contributed by atoms with Crippen molar-refractivity contribution in [2.24, 2.45) is 5.92 Å². The number of nitrogens with zero attached hydrogens (tertiary/aromatic N) is 3. The van der Waals surface area contributed by atoms with Crippen molar-refractivity contribution in [1.29, 1.82) is 0 Å². The number of carbonyl (C=O) groups is 2. The lowest BCUT2D eigenvalue weighted by Gasteiger charge is -2.11. The number of rotatable bonds is 7. The number of aromatic nitrogens is 3. The lowest BCUT2D eigenvalue weighted by Crippen LogP contribution is -2.35. The molecule has 3 N–H and O–H groups in total. The fourth-order valence-electron chi connectivity index (χ4n) is 3.44. The highest BCUT2D eigenvalue weighted by atomic mass is 32.1. The van der Waals surface area contributed by atoms with Gasteiger partial charge in [-0.05, 0) is 48.8 Å². The molecule has 1 aliphatic rings. The predicted molar refractivity (Wildman–Crippen MR) is 135 cm³/mol. The summed E-state index contributed by atoms with van der Waals surface area (Å²) in [5.74, 6) is -0.0839. The second kappa shape index (κ2) is 10.1. The molecule has 0 radical (unpaired) electrons. The molecule has 0 atom stereocenters. The zero-order valence-electron chi connectivity index (χ0n) is 18.9. The molecule has 0 bridgehead atoms. The number of thiocarbonyl (C=S) groups is 1. The van der Waals surface area contributed by atoms with E-state index in [9.17, 15) is 14.0 Å². The van der Waals surface area contributed by atoms with Crippen LogP contribution in [0.4, 0.5) is 15.9 Å². The largest absolute Gasteiger partial charge is 0.437 e. The molecule has 0 saturated heterocycles. The van der Waals surface area contributed by atoms with Gasteiger partial charge in [-0.2, -0.15) is 0 Å². The predicted octanol–water partition coefficient (Wildman–Crippen LogP) is 4.06. The molecule has 0 aliphatic heterocycles. The third-order valence-electron chi connectivity index (χ3n) is 5.37. The smallest absolute Gasteiger partial charge is 0.237 e. The van der Waals surface area contributed by atoms with Crippen molar-refractivity contribution in [3.05, 3.63) is 78.2 Å². The summed E-state index contributed by atoms with van der Waals surface area (Å²) in [4.78, 5) is 28.4. The second-order valence-corrected chi connectivity index (χ2v) is 8.68. The molecule has 5 rings (SSSR count). The maximum Gasteiger partial charge on any atom is 0.237 e. The Morgan fingerprint density at radius 2 is 1.89 bits per heavy atom. The summed E-state index contributed by atoms with van der Waals surface area (Å²) in [6.07, 6.45) is 3.54. The van der Waals surface area contributed by atoms with Crippen LogP contribution in [0, 0.1) is 11.7 Å². The zero-order valence-corrected chi connectivity index (χ0v) is 19.7. The molecular weight excluding hydrogens is 483 g/mol. The molecule has 1 saturated carbocycles. The minimum Gasteiger partial charge on any atom is -0.437 e. The highest BCUT2D eigenvalue weighted by Gasteiger charge is 2.30. The van der Waals surface area contributed by atoms with Crippen LogP contribution in [0.3, 0.4) is 0 Å². The quantitative estimate of drug-likeness (QED) is 0.326. The van der Waals surface area contributed by atoms with Crippen molar-refractivity contribution in [3.63, 3.8) is 0 Å². The molecule has 1 fully saturated rings. The number of anilines is 2. The Labute approximate surface area is 210 Å². The summed E-state index contributed by atoms with van der Waals surface area (Å²) in [6, 6.07) is 16.7. The van der Waals surface area contributed by atoms with Crippen molar-refractivity contribution in [2.75, 3.05) is 10.6 Å². The average Bonchev–Trinajstić information content (AvgIpc) is 3.62. The SMILES string of the molecule is O=C(Cc1ccccc1)NC(=S)Nc1ccc(Oc2ccc3nc(NC(=O)C4CC4)cn3n2)cc1F. The molecule has 11 heteroatoms. The van der Waals surface area contributed by atoms with Crippen LogP contribution in [-0.2, 0) is 16.0 Å². The van der Waals surface area contributed by atoms with Gasteiger partial charge in [0.2, 0.25) is 17.7 Å². The molecule has 36 heavy (non-hydrogen) atoms. The Bertz CT molecular complexity index is 1450. The van der Waals surface area contributed by atoms with Gasteiger partial charge < -0.3 is 20.7 Å². The van der Waals surface area contributed by atoms with E-state index in [1.165, 1.54) is 16.6 Å². The van der Waals surface area contributed by atoms with Gasteiger partial charge in [0, 0.05) is 18.1 Å². The molecular formula is C25H21FN6O3S. The van der Waals surface area contributed by atoms with E-state index < -0.39 is 5.82 Å². The molecule has 2 aromatic heterocycles. The van der Waals surface area contributed by atoms with Gasteiger partial charge in [-0.15, -0.1) is 5.10 Å². The summed E-state index contributed by atoms with van der Waals surface area (Å²) >= 11 is 5.13. The van der Waals surface area contributed by atoms with Crippen LogP contribution in [0.1, 0.15) is 18.4 Å². The zero-order chi connectivity index (χ0) is 25.1. The maximum atomic E-state index is 14.7. The van der Waals surface area contributed by atoms with E-state index in [1.54, 1.807) is 24.4 Å². The normalized spacial score (nSPS) is 12.7. The van der Waals surface area contributed by atoms with Gasteiger partial charge in [0.25, 0.3) is 0 Å². The van der Waals surface area contributed by atoms with E-state index in [-0.39, 0.29) is 46.6 Å². The van der Waals surface area contributed by atoms with E-state index in [0.29, 0.717) is 11.5 Å². The van der Waals surface area contributed by atoms with E-state index in [4.69, 9.17) is 17.0 Å². The monoisotopic (exact) mass is 504 g/mol. The molecule has 0 unspecified atom stereocenters. The summed E-state index contributed by atoms with van der Waals surface area (Å²) < 4.78 is 21.8. The van der Waals surface area contributed by atoms with Crippen LogP contribution in [0.25, 0.3) is 5.65 Å². The Morgan fingerprint density at radius 1 is 1.08 bits per heavy atom. The molecule has 2 heterocycles. The molecule has 182 valence electrons. The van der Waals surface area contributed by atoms with Gasteiger partial charge in [0.05, 0.1) is 18.3 Å². The van der Waals surface area contributed by atoms with Crippen LogP contribution in [0.2, 0.25) is 0 Å². The first-order valence-corrected chi connectivity index (χ1v) is 11.6. The first-order chi connectivity index (χ1) is 17.4. The summed E-state index contributed by atoms with van der Waals surface area (Å²) in [7, 11) is 0. The number of hydrogen-bond donors (Lipinski definition) is 3. The van der Waals surface area contributed by atoms with Crippen molar-refractivity contribution in [1.82, 2.24) is 19.9 Å². The van der Waals surface area contributed by atoms with Crippen LogP contribution < -0.4 is 20.7 Å². The summed E-state index contributed by atoms with van der Waals surface area (Å²) in [5, 5.41) is 12.3. The third kappa shape index (κ3) is 5.81. The van der Waals surface area contributed by atoms with Crippen LogP contribution in [-0.4, -0.2) is 31.5 Å². The lowest BCUT2D eigenvalue weighted by atomic mass is 10.1. The first-order valence-electron chi connectivity index (χ1n) is 11.2. The van der Waals surface area contributed by atoms with Gasteiger partial charge in [0.15, 0.2) is 16.6 Å². The van der Waals surface area contributed by atoms with Crippen LogP contribution in [0.15, 0.2) is 66.9 Å². The Hall–Kier alpha value is -4.38. The number of nitrogens with one attached hydrogen (secondary N) is 3. The molecule has 9 nitrogen and oxygen atoms in total. The molecule has 1 aliphatic carbocycles. The highest BCUT2D eigenvalue weighted by molar-refractivity contribution is 7.80. The summed E-state index contributed by atoms with van der Waals surface area (Å²) in [5.41, 5.74) is 1.45. The number of carbonyl (C=O) groups excluding carboxylic acids is 2. The van der Waals surface area contributed by atoms with E-state index >= 15 is 0 Å². The molecule has 2 aromatic carbocycles. The topological polar surface area (TPSA) is 110 Å². The van der Waals surface area contributed by atoms with Crippen molar-refractivity contribution < 1.29 is 18.7 Å². The number of imidazole rings is 1. The van der Waals surface area contributed by atoms with Gasteiger partial charge in [-0.1, -0.05) is 30.3 Å². The lowest BCUT2D eigenvalue weighted by molar-refractivity contribution is -0.119. The van der Waals surface area contributed by atoms with E-state index in [2.05, 4.69) is 26.0 Å². The number of fused-ring (bicyclic) bond motifs is 1. The Morgan fingerprint density at radius 3 is 2.64 bits per heavy atom. The van der Waals surface area contributed by atoms with Crippen molar-refractivity contribution >= 4 is 46.3 Å². The first kappa shape index (κ1) is 23.4. The number of ether oxygens (including phenoxy) is 1. The highest BCUT2D eigenvalue weighted by Crippen LogP contribution is 2.30. The molecule has 4 aromatic rings. The van der Waals surface area contributed by atoms with Crippen LogP contribution in [0.5, 0.6) is 11.6 Å². The average molecular weight is 505 g/mol. The van der Waals surface area contributed by atoms with Gasteiger partial charge in [0.1, 0.15) is 11.6 Å². The summed E-state index contributed by atoms with van der Waals surface area (Å²) in [6.45, 7) is 0. The minimum atomic E-state index is -0.624. The fourth-order valence-corrected chi connectivity index (χ4v) is 3.66. The maximum absolute atomic E-state index is 14.7. The third-order valence-corrected chi connectivity index (χ3v) is 5.57. The number of benzene rings is 2. The van der Waals surface area contributed by atoms with Crippen molar-refractivity contribution in [2.45, 2.75) is 19.3 Å². The standard InChI is InChI=1S/C25H21FN6O3S/c26-18-13-17(8-9-19(18)27-25(36)30-22(33)12-15-4-2-1-3-5-15)35-23-11-10-21-28-20(14-32(21)31-23)29-24(34)16-6-7-16/h1-5,8-11,13-14,16H,6-7,12H2,(H,29,34)(H2,27,30,33,36). The van der Waals surface area contributed by atoms with Gasteiger partial charge in [-0.25, -0.2) is 13.9 Å². The van der Waals surface area contributed by atoms with Gasteiger partial charge >= 0.3 is 0 Å². The number of hydrogen-bond acceptors (Lipinski definition) is 6. The minimum absolute atomic E-state index is 0.0136. The fraction of sp³-hybridized carbons (Fsp3) is 0.160. The molecule has 2 amide bonds. The number of amides is 2. The Balaban J connectivity index is 1.19.